The average molecular weight is 293 g/mol. The van der Waals surface area contributed by atoms with Gasteiger partial charge in [-0.15, -0.1) is 0 Å². The van der Waals surface area contributed by atoms with Crippen molar-refractivity contribution in [3.05, 3.63) is 41.2 Å². The lowest BCUT2D eigenvalue weighted by Crippen LogP contribution is -2.24. The number of hydrogen-bond donors (Lipinski definition) is 2. The smallest absolute Gasteiger partial charge is 0.150 e. The second-order valence-corrected chi connectivity index (χ2v) is 4.97. The van der Waals surface area contributed by atoms with E-state index < -0.39 is 0 Å². The van der Waals surface area contributed by atoms with Crippen LogP contribution < -0.4 is 15.8 Å². The maximum absolute atomic E-state index is 6.02. The van der Waals surface area contributed by atoms with E-state index in [4.69, 9.17) is 22.1 Å². The van der Waals surface area contributed by atoms with E-state index in [1.165, 1.54) is 11.9 Å². The number of aryl methyl sites for hydroxylation is 1. The first-order chi connectivity index (χ1) is 9.56. The number of halogens is 1. The molecule has 20 heavy (non-hydrogen) atoms. The molecule has 2 aromatic rings. The molecular formula is C14H17ClN4O. The molecule has 0 aliphatic rings. The van der Waals surface area contributed by atoms with Crippen molar-refractivity contribution >= 4 is 23.2 Å². The van der Waals surface area contributed by atoms with Crippen LogP contribution in [0, 0.1) is 6.92 Å². The molecule has 0 bridgehead atoms. The number of ether oxygens (including phenoxy) is 1. The van der Waals surface area contributed by atoms with Gasteiger partial charge in [-0.1, -0.05) is 29.3 Å². The van der Waals surface area contributed by atoms with Gasteiger partial charge in [0.05, 0.1) is 6.04 Å². The molecule has 1 heterocycles. The highest BCUT2D eigenvalue weighted by Gasteiger charge is 2.10. The normalized spacial score (nSPS) is 11.9. The van der Waals surface area contributed by atoms with Gasteiger partial charge in [0.2, 0.25) is 0 Å². The molecule has 1 aromatic carbocycles. The van der Waals surface area contributed by atoms with E-state index in [0.717, 1.165) is 5.75 Å². The summed E-state index contributed by atoms with van der Waals surface area (Å²) >= 11 is 6.02. The summed E-state index contributed by atoms with van der Waals surface area (Å²) in [4.78, 5) is 7.87. The monoisotopic (exact) mass is 292 g/mol. The van der Waals surface area contributed by atoms with Crippen molar-refractivity contribution in [1.29, 1.82) is 0 Å². The highest BCUT2D eigenvalue weighted by molar-refractivity contribution is 6.35. The molecule has 2 rings (SSSR count). The van der Waals surface area contributed by atoms with Crippen LogP contribution in [0.3, 0.4) is 0 Å². The summed E-state index contributed by atoms with van der Waals surface area (Å²) in [6.07, 6.45) is 1.37. The van der Waals surface area contributed by atoms with Gasteiger partial charge in [-0.3, -0.25) is 0 Å². The SMILES string of the molecule is Cc1ccc(OCC(C)Nc2ncnc(N)c2Cl)cc1. The van der Waals surface area contributed by atoms with Crippen LogP contribution in [0.5, 0.6) is 5.75 Å². The third-order valence-corrected chi connectivity index (χ3v) is 3.09. The predicted molar refractivity (Wildman–Crippen MR) is 81.2 cm³/mol. The van der Waals surface area contributed by atoms with Gasteiger partial charge < -0.3 is 15.8 Å². The molecule has 1 atom stereocenters. The molecule has 6 heteroatoms. The number of nitrogens with zero attached hydrogens (tertiary/aromatic N) is 2. The summed E-state index contributed by atoms with van der Waals surface area (Å²) in [6, 6.07) is 7.93. The molecule has 0 amide bonds. The largest absolute Gasteiger partial charge is 0.491 e. The average Bonchev–Trinajstić information content (AvgIpc) is 2.43. The number of benzene rings is 1. The van der Waals surface area contributed by atoms with Crippen molar-refractivity contribution in [1.82, 2.24) is 9.97 Å². The number of nitrogen functional groups attached to an aromatic ring is 1. The number of nitrogens with one attached hydrogen (secondary N) is 1. The van der Waals surface area contributed by atoms with E-state index in [1.807, 2.05) is 38.1 Å². The first-order valence-electron chi connectivity index (χ1n) is 6.28. The van der Waals surface area contributed by atoms with Gasteiger partial charge in [0.1, 0.15) is 29.5 Å². The lowest BCUT2D eigenvalue weighted by Gasteiger charge is -2.16. The van der Waals surface area contributed by atoms with Crippen LogP contribution in [0.4, 0.5) is 11.6 Å². The Morgan fingerprint density at radius 1 is 1.30 bits per heavy atom. The zero-order chi connectivity index (χ0) is 14.5. The van der Waals surface area contributed by atoms with Crippen molar-refractivity contribution in [2.45, 2.75) is 19.9 Å². The Bertz CT molecular complexity index is 574. The van der Waals surface area contributed by atoms with Crippen molar-refractivity contribution in [2.75, 3.05) is 17.7 Å². The van der Waals surface area contributed by atoms with Gasteiger partial charge in [-0.05, 0) is 26.0 Å². The second-order valence-electron chi connectivity index (χ2n) is 4.59. The Hall–Kier alpha value is -2.01. The molecule has 1 unspecified atom stereocenters. The van der Waals surface area contributed by atoms with Crippen molar-refractivity contribution in [3.8, 4) is 5.75 Å². The Morgan fingerprint density at radius 2 is 2.00 bits per heavy atom. The summed E-state index contributed by atoms with van der Waals surface area (Å²) < 4.78 is 5.68. The van der Waals surface area contributed by atoms with E-state index in [9.17, 15) is 0 Å². The molecule has 0 saturated heterocycles. The molecule has 106 valence electrons. The molecule has 0 aliphatic carbocycles. The summed E-state index contributed by atoms with van der Waals surface area (Å²) in [6.45, 7) is 4.50. The van der Waals surface area contributed by atoms with Crippen LogP contribution in [0.15, 0.2) is 30.6 Å². The molecule has 3 N–H and O–H groups in total. The maximum Gasteiger partial charge on any atom is 0.150 e. The zero-order valence-corrected chi connectivity index (χ0v) is 12.2. The van der Waals surface area contributed by atoms with Gasteiger partial charge in [0, 0.05) is 0 Å². The Morgan fingerprint density at radius 3 is 2.70 bits per heavy atom. The fourth-order valence-corrected chi connectivity index (χ4v) is 1.77. The predicted octanol–water partition coefficient (Wildman–Crippen LogP) is 2.90. The lowest BCUT2D eigenvalue weighted by atomic mass is 10.2. The molecule has 0 spiro atoms. The van der Waals surface area contributed by atoms with Crippen LogP contribution >= 0.6 is 11.6 Å². The van der Waals surface area contributed by atoms with E-state index in [1.54, 1.807) is 0 Å². The first kappa shape index (κ1) is 14.4. The molecule has 0 saturated carbocycles. The van der Waals surface area contributed by atoms with Crippen LogP contribution in [0.2, 0.25) is 5.02 Å². The topological polar surface area (TPSA) is 73.1 Å². The van der Waals surface area contributed by atoms with Gasteiger partial charge in [-0.2, -0.15) is 0 Å². The first-order valence-corrected chi connectivity index (χ1v) is 6.66. The molecule has 0 fully saturated rings. The second kappa shape index (κ2) is 6.43. The van der Waals surface area contributed by atoms with Crippen LogP contribution in [0.25, 0.3) is 0 Å². The van der Waals surface area contributed by atoms with Crippen molar-refractivity contribution in [2.24, 2.45) is 0 Å². The third-order valence-electron chi connectivity index (χ3n) is 2.72. The minimum absolute atomic E-state index is 0.0307. The van der Waals surface area contributed by atoms with Gasteiger partial charge in [0.15, 0.2) is 5.82 Å². The maximum atomic E-state index is 6.02. The lowest BCUT2D eigenvalue weighted by molar-refractivity contribution is 0.303. The molecule has 5 nitrogen and oxygen atoms in total. The Labute approximate surface area is 123 Å². The van der Waals surface area contributed by atoms with Crippen LogP contribution in [-0.2, 0) is 0 Å². The fourth-order valence-electron chi connectivity index (χ4n) is 1.61. The van der Waals surface area contributed by atoms with E-state index >= 15 is 0 Å². The molecular weight excluding hydrogens is 276 g/mol. The van der Waals surface area contributed by atoms with E-state index in [-0.39, 0.29) is 11.9 Å². The number of aromatic nitrogens is 2. The quantitative estimate of drug-likeness (QED) is 0.886. The molecule has 1 aromatic heterocycles. The van der Waals surface area contributed by atoms with Gasteiger partial charge >= 0.3 is 0 Å². The van der Waals surface area contributed by atoms with Crippen LogP contribution in [-0.4, -0.2) is 22.6 Å². The van der Waals surface area contributed by atoms with Gasteiger partial charge in [-0.25, -0.2) is 9.97 Å². The highest BCUT2D eigenvalue weighted by atomic mass is 35.5. The zero-order valence-electron chi connectivity index (χ0n) is 11.4. The highest BCUT2D eigenvalue weighted by Crippen LogP contribution is 2.23. The van der Waals surface area contributed by atoms with E-state index in [0.29, 0.717) is 17.4 Å². The standard InChI is InChI=1S/C14H17ClN4O/c1-9-3-5-11(6-4-9)20-7-10(2)19-14-12(15)13(16)17-8-18-14/h3-6,8,10H,7H2,1-2H3,(H3,16,17,18,19). The summed E-state index contributed by atoms with van der Waals surface area (Å²) in [7, 11) is 0. The van der Waals surface area contributed by atoms with Gasteiger partial charge in [0.25, 0.3) is 0 Å². The number of rotatable bonds is 5. The Kier molecular flexibility index (Phi) is 4.63. The van der Waals surface area contributed by atoms with E-state index in [2.05, 4.69) is 15.3 Å². The Balaban J connectivity index is 1.91. The summed E-state index contributed by atoms with van der Waals surface area (Å²) in [5, 5.41) is 3.47. The summed E-state index contributed by atoms with van der Waals surface area (Å²) in [5.41, 5.74) is 6.82. The third kappa shape index (κ3) is 3.74. The minimum Gasteiger partial charge on any atom is -0.491 e. The number of hydrogen-bond acceptors (Lipinski definition) is 5. The molecule has 0 aliphatic heterocycles. The number of anilines is 2. The van der Waals surface area contributed by atoms with Crippen LogP contribution in [0.1, 0.15) is 12.5 Å². The van der Waals surface area contributed by atoms with Crippen molar-refractivity contribution in [3.63, 3.8) is 0 Å². The molecule has 0 radical (unpaired) electrons. The number of nitrogens with two attached hydrogens (primary N) is 1. The summed E-state index contributed by atoms with van der Waals surface area (Å²) in [5.74, 6) is 1.60. The van der Waals surface area contributed by atoms with Crippen molar-refractivity contribution < 1.29 is 4.74 Å². The fraction of sp³-hybridized carbons (Fsp3) is 0.286. The minimum atomic E-state index is 0.0307.